The topological polar surface area (TPSA) is 29.5 Å². The monoisotopic (exact) mass is 307 g/mol. The minimum absolute atomic E-state index is 0.334. The minimum Gasteiger partial charge on any atom is -0.466 e. The van der Waals surface area contributed by atoms with Crippen LogP contribution in [0.15, 0.2) is 66.5 Å². The fourth-order valence-corrected chi connectivity index (χ4v) is 3.05. The summed E-state index contributed by atoms with van der Waals surface area (Å²) in [7, 11) is 0. The molecule has 23 heavy (non-hydrogen) atoms. The van der Waals surface area contributed by atoms with Gasteiger partial charge in [0.1, 0.15) is 6.61 Å². The third-order valence-electron chi connectivity index (χ3n) is 4.36. The van der Waals surface area contributed by atoms with Crippen molar-refractivity contribution >= 4 is 5.94 Å². The van der Waals surface area contributed by atoms with Crippen LogP contribution in [0.25, 0.3) is 0 Å². The molecule has 0 atom stereocenters. The van der Waals surface area contributed by atoms with Gasteiger partial charge < -0.3 is 9.64 Å². The van der Waals surface area contributed by atoms with Gasteiger partial charge in [-0.05, 0) is 29.9 Å². The molecule has 1 saturated heterocycles. The Labute approximate surface area is 137 Å². The van der Waals surface area contributed by atoms with Crippen LogP contribution in [0, 0.1) is 0 Å². The second-order valence-electron chi connectivity index (χ2n) is 5.85. The summed E-state index contributed by atoms with van der Waals surface area (Å²) >= 11 is 0. The lowest BCUT2D eigenvalue weighted by molar-refractivity contribution is 0.0905. The van der Waals surface area contributed by atoms with Crippen LogP contribution in [0.5, 0.6) is 0 Å². The highest BCUT2D eigenvalue weighted by atomic mass is 16.5. The van der Waals surface area contributed by atoms with Crippen molar-refractivity contribution in [2.45, 2.75) is 25.4 Å². The van der Waals surface area contributed by atoms with Crippen LogP contribution in [0.4, 0.5) is 0 Å². The predicted octanol–water partition coefficient (Wildman–Crippen LogP) is 3.76. The third-order valence-corrected chi connectivity index (χ3v) is 4.36. The van der Waals surface area contributed by atoms with E-state index in [1.807, 2.05) is 47.2 Å². The van der Waals surface area contributed by atoms with Crippen LogP contribution >= 0.6 is 0 Å². The molecule has 0 radical (unpaired) electrons. The number of hydrogen-bond donors (Lipinski definition) is 0. The average Bonchev–Trinajstić information content (AvgIpc) is 2.64. The first-order valence-corrected chi connectivity index (χ1v) is 8.08. The molecular formula is C20H21NO2. The maximum atomic E-state index is 11.2. The Hall–Kier alpha value is -2.51. The van der Waals surface area contributed by atoms with Gasteiger partial charge in [-0.2, -0.15) is 0 Å². The quantitative estimate of drug-likeness (QED) is 0.622. The molecule has 0 bridgehead atoms. The SMILES string of the molecule is O=C=C(OCc1ccccc1)N1CCC(c2ccccc2)CC1. The second kappa shape index (κ2) is 7.66. The van der Waals surface area contributed by atoms with Crippen molar-refractivity contribution in [3.05, 3.63) is 77.7 Å². The summed E-state index contributed by atoms with van der Waals surface area (Å²) in [4.78, 5) is 13.3. The summed E-state index contributed by atoms with van der Waals surface area (Å²) in [6, 6.07) is 20.5. The highest BCUT2D eigenvalue weighted by Crippen LogP contribution is 2.29. The van der Waals surface area contributed by atoms with E-state index in [0.29, 0.717) is 18.4 Å². The van der Waals surface area contributed by atoms with Crippen molar-refractivity contribution in [1.82, 2.24) is 4.90 Å². The van der Waals surface area contributed by atoms with Crippen molar-refractivity contribution < 1.29 is 9.53 Å². The molecule has 0 amide bonds. The fraction of sp³-hybridized carbons (Fsp3) is 0.300. The van der Waals surface area contributed by atoms with Crippen molar-refractivity contribution in [2.24, 2.45) is 0 Å². The summed E-state index contributed by atoms with van der Waals surface area (Å²) in [5.74, 6) is 2.86. The number of hydrogen-bond acceptors (Lipinski definition) is 3. The molecule has 1 aliphatic rings. The van der Waals surface area contributed by atoms with Gasteiger partial charge in [0, 0.05) is 13.1 Å². The summed E-state index contributed by atoms with van der Waals surface area (Å²) in [6.07, 6.45) is 2.06. The van der Waals surface area contributed by atoms with E-state index in [1.165, 1.54) is 5.56 Å². The Bertz CT molecular complexity index is 655. The molecular weight excluding hydrogens is 286 g/mol. The van der Waals surface area contributed by atoms with Gasteiger partial charge in [0.2, 0.25) is 0 Å². The van der Waals surface area contributed by atoms with E-state index < -0.39 is 0 Å². The van der Waals surface area contributed by atoms with Crippen LogP contribution in [-0.2, 0) is 16.1 Å². The van der Waals surface area contributed by atoms with Gasteiger partial charge in [0.15, 0.2) is 5.94 Å². The molecule has 1 aliphatic heterocycles. The molecule has 3 rings (SSSR count). The Morgan fingerprint density at radius 1 is 1.00 bits per heavy atom. The van der Waals surface area contributed by atoms with Crippen LogP contribution < -0.4 is 0 Å². The normalized spacial score (nSPS) is 15.0. The zero-order valence-electron chi connectivity index (χ0n) is 13.2. The summed E-state index contributed by atoms with van der Waals surface area (Å²) < 4.78 is 5.68. The van der Waals surface area contributed by atoms with Gasteiger partial charge in [0.05, 0.1) is 0 Å². The molecule has 2 aromatic carbocycles. The van der Waals surface area contributed by atoms with Crippen LogP contribution in [0.3, 0.4) is 0 Å². The van der Waals surface area contributed by atoms with Gasteiger partial charge in [-0.1, -0.05) is 60.7 Å². The van der Waals surface area contributed by atoms with E-state index >= 15 is 0 Å². The molecule has 1 heterocycles. The van der Waals surface area contributed by atoms with Gasteiger partial charge >= 0.3 is 0 Å². The number of piperidine rings is 1. The smallest absolute Gasteiger partial charge is 0.278 e. The largest absolute Gasteiger partial charge is 0.466 e. The summed E-state index contributed by atoms with van der Waals surface area (Å²) in [5.41, 5.74) is 2.44. The van der Waals surface area contributed by atoms with Gasteiger partial charge in [0.25, 0.3) is 5.88 Å². The van der Waals surface area contributed by atoms with Crippen LogP contribution in [0.2, 0.25) is 0 Å². The van der Waals surface area contributed by atoms with E-state index in [2.05, 4.69) is 24.3 Å². The second-order valence-corrected chi connectivity index (χ2v) is 5.85. The van der Waals surface area contributed by atoms with Crippen LogP contribution in [0.1, 0.15) is 29.9 Å². The number of rotatable bonds is 5. The first-order valence-electron chi connectivity index (χ1n) is 8.08. The van der Waals surface area contributed by atoms with Crippen LogP contribution in [-0.4, -0.2) is 23.9 Å². The molecule has 0 N–H and O–H groups in total. The number of ether oxygens (including phenoxy) is 1. The molecule has 0 aromatic heterocycles. The zero-order chi connectivity index (χ0) is 15.9. The molecule has 0 spiro atoms. The fourth-order valence-electron chi connectivity index (χ4n) is 3.05. The van der Waals surface area contributed by atoms with E-state index in [-0.39, 0.29) is 0 Å². The van der Waals surface area contributed by atoms with Gasteiger partial charge in [-0.3, -0.25) is 0 Å². The third kappa shape index (κ3) is 4.02. The summed E-state index contributed by atoms with van der Waals surface area (Å²) in [6.45, 7) is 2.07. The summed E-state index contributed by atoms with van der Waals surface area (Å²) in [5, 5.41) is 0. The zero-order valence-corrected chi connectivity index (χ0v) is 13.2. The van der Waals surface area contributed by atoms with Crippen molar-refractivity contribution in [1.29, 1.82) is 0 Å². The lowest BCUT2D eigenvalue weighted by Crippen LogP contribution is -2.33. The number of carbonyl (C=O) groups excluding carboxylic acids is 1. The van der Waals surface area contributed by atoms with E-state index in [1.54, 1.807) is 0 Å². The molecule has 0 aliphatic carbocycles. The van der Waals surface area contributed by atoms with Crippen molar-refractivity contribution in [3.63, 3.8) is 0 Å². The maximum Gasteiger partial charge on any atom is 0.278 e. The molecule has 3 nitrogen and oxygen atoms in total. The molecule has 1 fully saturated rings. The standard InChI is InChI=1S/C20H21NO2/c22-15-20(23-16-17-7-3-1-4-8-17)21-13-11-19(12-14-21)18-9-5-2-6-10-18/h1-10,19H,11-14,16H2. The van der Waals surface area contributed by atoms with Crippen molar-refractivity contribution in [2.75, 3.05) is 13.1 Å². The Morgan fingerprint density at radius 2 is 1.61 bits per heavy atom. The predicted molar refractivity (Wildman–Crippen MR) is 90.4 cm³/mol. The Morgan fingerprint density at radius 3 is 2.22 bits per heavy atom. The number of likely N-dealkylation sites (tertiary alicyclic amines) is 1. The van der Waals surface area contributed by atoms with Crippen molar-refractivity contribution in [3.8, 4) is 0 Å². The highest BCUT2D eigenvalue weighted by Gasteiger charge is 2.23. The molecule has 0 saturated carbocycles. The molecule has 118 valence electrons. The maximum absolute atomic E-state index is 11.2. The minimum atomic E-state index is 0.334. The highest BCUT2D eigenvalue weighted by molar-refractivity contribution is 5.48. The average molecular weight is 307 g/mol. The first kappa shape index (κ1) is 15.4. The lowest BCUT2D eigenvalue weighted by atomic mass is 9.89. The van der Waals surface area contributed by atoms with Gasteiger partial charge in [-0.15, -0.1) is 0 Å². The Kier molecular flexibility index (Phi) is 5.13. The molecule has 2 aromatic rings. The lowest BCUT2D eigenvalue weighted by Gasteiger charge is -2.33. The molecule has 0 unspecified atom stereocenters. The number of benzene rings is 2. The molecule has 3 heteroatoms. The first-order chi connectivity index (χ1) is 11.4. The Balaban J connectivity index is 1.54. The number of nitrogens with zero attached hydrogens (tertiary/aromatic N) is 1. The van der Waals surface area contributed by atoms with Gasteiger partial charge in [-0.25, -0.2) is 4.79 Å². The van der Waals surface area contributed by atoms with E-state index in [0.717, 1.165) is 31.5 Å². The van der Waals surface area contributed by atoms with E-state index in [9.17, 15) is 4.79 Å². The van der Waals surface area contributed by atoms with E-state index in [4.69, 9.17) is 4.74 Å².